The van der Waals surface area contributed by atoms with Crippen LogP contribution in [0.2, 0.25) is 0 Å². The summed E-state index contributed by atoms with van der Waals surface area (Å²) in [5.41, 5.74) is 0. The Morgan fingerprint density at radius 1 is 0.476 bits per heavy atom. The van der Waals surface area contributed by atoms with Gasteiger partial charge in [0, 0.05) is 8.93 Å². The minimum Gasteiger partial charge on any atom is -0.114 e. The average Bonchev–Trinajstić information content (AvgIpc) is 2.56. The minimum absolute atomic E-state index is 0. The molecule has 1 unspecified atom stereocenters. The smallest absolute Gasteiger partial charge is 0.114 e. The second kappa shape index (κ2) is 7.32. The molecule has 0 amide bonds. The zero-order chi connectivity index (χ0) is 13.8. The van der Waals surface area contributed by atoms with Crippen LogP contribution in [0.25, 0.3) is 0 Å². The first-order valence-electron chi connectivity index (χ1n) is 6.66. The predicted molar refractivity (Wildman–Crippen MR) is 105 cm³/mol. The van der Waals surface area contributed by atoms with Crippen molar-refractivity contribution in [2.75, 3.05) is 0 Å². The highest BCUT2D eigenvalue weighted by Gasteiger charge is 2.40. The van der Waals surface area contributed by atoms with Crippen molar-refractivity contribution in [3.05, 3.63) is 91.0 Å². The van der Waals surface area contributed by atoms with Crippen molar-refractivity contribution in [1.82, 2.24) is 0 Å². The number of rotatable bonds is 3. The van der Waals surface area contributed by atoms with Crippen LogP contribution in [0.1, 0.15) is 0 Å². The monoisotopic (exact) mass is 375 g/mol. The number of halogens is 1. The molecule has 3 heteroatoms. The Labute approximate surface area is 139 Å². The minimum atomic E-state index is -1.61. The maximum absolute atomic E-state index is 3.17. The Morgan fingerprint density at radius 3 is 0.952 bits per heavy atom. The fourth-order valence-electron chi connectivity index (χ4n) is 2.44. The highest BCUT2D eigenvalue weighted by molar-refractivity contribution is 8.93. The third-order valence-electron chi connectivity index (χ3n) is 3.49. The second-order valence-electron chi connectivity index (χ2n) is 4.73. The van der Waals surface area contributed by atoms with Crippen molar-refractivity contribution in [3.63, 3.8) is 0 Å². The van der Waals surface area contributed by atoms with Crippen LogP contribution in [-0.4, -0.2) is 0 Å². The van der Waals surface area contributed by atoms with Gasteiger partial charge in [0.05, 0.1) is 0 Å². The fourth-order valence-corrected chi connectivity index (χ4v) is 6.81. The first-order chi connectivity index (χ1) is 9.82. The fraction of sp³-hybridized carbons (Fsp3) is 0. The summed E-state index contributed by atoms with van der Waals surface area (Å²) in [6.45, 7) is -1.61. The van der Waals surface area contributed by atoms with E-state index >= 15 is 0 Å². The first kappa shape index (κ1) is 16.4. The van der Waals surface area contributed by atoms with Crippen molar-refractivity contribution >= 4 is 48.8 Å². The lowest BCUT2D eigenvalue weighted by Gasteiger charge is -2.22. The predicted octanol–water partition coefficient (Wildman–Crippen LogP) is 4.35. The SMILES string of the molecule is Br.P[P+](c1ccccc1)(c1ccccc1)c1ccccc1. The molecular formula is C18H18BrP2+. The highest BCUT2D eigenvalue weighted by Crippen LogP contribution is 2.62. The molecule has 3 rings (SSSR count). The number of hydrogen-bond donors (Lipinski definition) is 0. The molecule has 0 heterocycles. The third-order valence-corrected chi connectivity index (χ3v) is 9.51. The van der Waals surface area contributed by atoms with E-state index < -0.39 is 6.95 Å². The van der Waals surface area contributed by atoms with E-state index in [-0.39, 0.29) is 17.0 Å². The van der Waals surface area contributed by atoms with Gasteiger partial charge in [-0.25, -0.2) is 0 Å². The molecule has 0 saturated heterocycles. The number of benzene rings is 3. The van der Waals surface area contributed by atoms with E-state index in [2.05, 4.69) is 99.9 Å². The van der Waals surface area contributed by atoms with E-state index in [9.17, 15) is 0 Å². The number of hydrogen-bond acceptors (Lipinski definition) is 0. The second-order valence-corrected chi connectivity index (χ2v) is 10.0. The van der Waals surface area contributed by atoms with E-state index in [0.29, 0.717) is 0 Å². The third kappa shape index (κ3) is 3.27. The van der Waals surface area contributed by atoms with E-state index in [4.69, 9.17) is 0 Å². The summed E-state index contributed by atoms with van der Waals surface area (Å²) in [5, 5.41) is 4.17. The van der Waals surface area contributed by atoms with Gasteiger partial charge in [0.2, 0.25) is 0 Å². The molecule has 0 aromatic heterocycles. The lowest BCUT2D eigenvalue weighted by atomic mass is 10.4. The molecule has 0 nitrogen and oxygen atoms in total. The Morgan fingerprint density at radius 2 is 0.714 bits per heavy atom. The van der Waals surface area contributed by atoms with E-state index in [1.807, 2.05) is 0 Å². The van der Waals surface area contributed by atoms with Crippen LogP contribution in [0.4, 0.5) is 0 Å². The Balaban J connectivity index is 0.00000161. The molecule has 0 fully saturated rings. The van der Waals surface area contributed by atoms with Crippen LogP contribution in [0.3, 0.4) is 0 Å². The summed E-state index contributed by atoms with van der Waals surface area (Å²) in [7, 11) is 3.17. The summed E-state index contributed by atoms with van der Waals surface area (Å²) in [6.07, 6.45) is 0. The molecule has 0 aliphatic carbocycles. The summed E-state index contributed by atoms with van der Waals surface area (Å²) < 4.78 is 0. The normalized spacial score (nSPS) is 10.7. The molecule has 3 aromatic rings. The standard InChI is InChI=1S/C18H17P2.BrH/c19-20(16-10-4-1-5-11-16,17-12-6-2-7-13-17)18-14-8-3-9-15-18;/h1-15H,19H2;1H/q+1;. The molecule has 21 heavy (non-hydrogen) atoms. The van der Waals surface area contributed by atoms with Crippen LogP contribution in [0.15, 0.2) is 91.0 Å². The quantitative estimate of drug-likeness (QED) is 0.597. The maximum atomic E-state index is 3.17. The zero-order valence-electron chi connectivity index (χ0n) is 11.6. The van der Waals surface area contributed by atoms with Gasteiger partial charge in [-0.1, -0.05) is 54.6 Å². The summed E-state index contributed by atoms with van der Waals surface area (Å²) in [5.74, 6) is 0. The van der Waals surface area contributed by atoms with E-state index in [0.717, 1.165) is 0 Å². The molecule has 0 aliphatic heterocycles. The van der Waals surface area contributed by atoms with E-state index in [1.54, 1.807) is 0 Å². The molecule has 0 saturated carbocycles. The van der Waals surface area contributed by atoms with Crippen LogP contribution >= 0.6 is 32.9 Å². The lowest BCUT2D eigenvalue weighted by molar-refractivity contribution is 1.73. The molecular weight excluding hydrogens is 358 g/mol. The van der Waals surface area contributed by atoms with Crippen molar-refractivity contribution in [3.8, 4) is 0 Å². The summed E-state index contributed by atoms with van der Waals surface area (Å²) in [4.78, 5) is 0. The van der Waals surface area contributed by atoms with E-state index in [1.165, 1.54) is 15.9 Å². The Kier molecular flexibility index (Phi) is 5.71. The van der Waals surface area contributed by atoms with Gasteiger partial charge in [-0.15, -0.1) is 17.0 Å². The average molecular weight is 376 g/mol. The van der Waals surface area contributed by atoms with Gasteiger partial charge in [-0.2, -0.15) is 0 Å². The van der Waals surface area contributed by atoms with Crippen LogP contribution in [0, 0.1) is 0 Å². The van der Waals surface area contributed by atoms with Gasteiger partial charge in [0.25, 0.3) is 0 Å². The van der Waals surface area contributed by atoms with Crippen LogP contribution < -0.4 is 15.9 Å². The van der Waals surface area contributed by atoms with Crippen molar-refractivity contribution in [1.29, 1.82) is 0 Å². The largest absolute Gasteiger partial charge is 0.124 e. The lowest BCUT2D eigenvalue weighted by Crippen LogP contribution is -2.26. The topological polar surface area (TPSA) is 0 Å². The molecule has 0 bridgehead atoms. The maximum Gasteiger partial charge on any atom is 0.124 e. The van der Waals surface area contributed by atoms with Crippen LogP contribution in [0.5, 0.6) is 0 Å². The molecule has 0 aliphatic rings. The molecule has 0 spiro atoms. The van der Waals surface area contributed by atoms with Gasteiger partial charge in [0.15, 0.2) is 0 Å². The van der Waals surface area contributed by atoms with Crippen molar-refractivity contribution in [2.24, 2.45) is 0 Å². The Hall–Kier alpha value is -1.00. The van der Waals surface area contributed by atoms with Crippen molar-refractivity contribution in [2.45, 2.75) is 0 Å². The summed E-state index contributed by atoms with van der Waals surface area (Å²) in [6, 6.07) is 32.4. The molecule has 0 radical (unpaired) electrons. The summed E-state index contributed by atoms with van der Waals surface area (Å²) >= 11 is 0. The van der Waals surface area contributed by atoms with Gasteiger partial charge < -0.3 is 0 Å². The van der Waals surface area contributed by atoms with Gasteiger partial charge in [-0.3, -0.25) is 0 Å². The van der Waals surface area contributed by atoms with Gasteiger partial charge in [0.1, 0.15) is 22.9 Å². The molecule has 106 valence electrons. The van der Waals surface area contributed by atoms with Crippen molar-refractivity contribution < 1.29 is 0 Å². The first-order valence-corrected chi connectivity index (χ1v) is 10.1. The Bertz CT molecular complexity index is 573. The molecule has 0 N–H and O–H groups in total. The van der Waals surface area contributed by atoms with Gasteiger partial charge in [-0.05, 0) is 36.4 Å². The van der Waals surface area contributed by atoms with Crippen LogP contribution in [-0.2, 0) is 0 Å². The molecule has 3 aromatic carbocycles. The van der Waals surface area contributed by atoms with Gasteiger partial charge >= 0.3 is 0 Å². The highest BCUT2D eigenvalue weighted by atomic mass is 79.9. The molecule has 1 atom stereocenters. The zero-order valence-corrected chi connectivity index (χ0v) is 15.4.